The number of nitrogens with one attached hydrogen (secondary N) is 1. The maximum atomic E-state index is 12.2. The molecular weight excluding hydrogens is 256 g/mol. The molecule has 5 nitrogen and oxygen atoms in total. The summed E-state index contributed by atoms with van der Waals surface area (Å²) < 4.78 is 5.32. The van der Waals surface area contributed by atoms with Crippen LogP contribution < -0.4 is 11.1 Å². The Kier molecular flexibility index (Phi) is 3.04. The third-order valence-electron chi connectivity index (χ3n) is 3.27. The molecule has 2 aromatic carbocycles. The minimum atomic E-state index is -0.239. The number of amides is 1. The normalized spacial score (nSPS) is 13.0. The Hall–Kier alpha value is -2.53. The van der Waals surface area contributed by atoms with Crippen LogP contribution in [0, 0.1) is 0 Å². The van der Waals surface area contributed by atoms with Gasteiger partial charge in [-0.1, -0.05) is 6.07 Å². The van der Waals surface area contributed by atoms with Crippen LogP contribution in [0.3, 0.4) is 0 Å². The summed E-state index contributed by atoms with van der Waals surface area (Å²) in [6.45, 7) is 1.14. The molecule has 0 atom stereocenters. The average Bonchev–Trinajstić information content (AvgIpc) is 2.89. The predicted octanol–water partition coefficient (Wildman–Crippen LogP) is 2.26. The van der Waals surface area contributed by atoms with Gasteiger partial charge in [-0.3, -0.25) is 4.79 Å². The van der Waals surface area contributed by atoms with Crippen LogP contribution in [0.5, 0.6) is 5.75 Å². The fourth-order valence-corrected chi connectivity index (χ4v) is 2.17. The fraction of sp³-hybridized carbons (Fsp3) is 0.133. The van der Waals surface area contributed by atoms with Crippen LogP contribution in [0.1, 0.15) is 21.5 Å². The zero-order valence-corrected chi connectivity index (χ0v) is 10.7. The molecule has 5 heteroatoms. The number of fused-ring (bicyclic) bond motifs is 1. The Balaban J connectivity index is 1.82. The molecule has 0 saturated heterocycles. The van der Waals surface area contributed by atoms with Crippen molar-refractivity contribution in [2.45, 2.75) is 13.2 Å². The Labute approximate surface area is 116 Å². The number of carbonyl (C=O) groups excluding carboxylic acids is 1. The van der Waals surface area contributed by atoms with E-state index in [1.807, 2.05) is 12.1 Å². The standard InChI is InChI=1S/C15H14N2O3/c16-13-6-12(18)3-4-14(13)17-15(19)9-1-2-10-7-20-8-11(10)5-9/h1-6,18H,7-8,16H2,(H,17,19). The minimum Gasteiger partial charge on any atom is -0.508 e. The molecule has 0 fully saturated rings. The van der Waals surface area contributed by atoms with Crippen molar-refractivity contribution in [3.63, 3.8) is 0 Å². The van der Waals surface area contributed by atoms with E-state index in [-0.39, 0.29) is 11.7 Å². The molecule has 0 aromatic heterocycles. The number of rotatable bonds is 2. The van der Waals surface area contributed by atoms with Crippen molar-refractivity contribution >= 4 is 17.3 Å². The molecule has 0 saturated carbocycles. The summed E-state index contributed by atoms with van der Waals surface area (Å²) in [5.74, 6) is -0.174. The summed E-state index contributed by atoms with van der Waals surface area (Å²) in [6, 6.07) is 9.93. The first-order chi connectivity index (χ1) is 9.63. The average molecular weight is 270 g/mol. The molecular formula is C15H14N2O3. The molecule has 0 radical (unpaired) electrons. The Morgan fingerprint density at radius 1 is 1.15 bits per heavy atom. The van der Waals surface area contributed by atoms with Crippen LogP contribution in [-0.2, 0) is 18.0 Å². The van der Waals surface area contributed by atoms with Crippen molar-refractivity contribution in [3.8, 4) is 5.75 Å². The highest BCUT2D eigenvalue weighted by Gasteiger charge is 2.15. The van der Waals surface area contributed by atoms with Crippen LogP contribution in [0.25, 0.3) is 0 Å². The number of aromatic hydroxyl groups is 1. The summed E-state index contributed by atoms with van der Waals surface area (Å²) in [5, 5.41) is 12.0. The molecule has 1 aliphatic rings. The number of phenolic OH excluding ortho intramolecular Hbond substituents is 1. The third-order valence-corrected chi connectivity index (χ3v) is 3.27. The van der Waals surface area contributed by atoms with E-state index >= 15 is 0 Å². The van der Waals surface area contributed by atoms with Crippen molar-refractivity contribution in [2.75, 3.05) is 11.1 Å². The van der Waals surface area contributed by atoms with Crippen LogP contribution in [0.2, 0.25) is 0 Å². The van der Waals surface area contributed by atoms with E-state index in [1.165, 1.54) is 12.1 Å². The molecule has 0 spiro atoms. The van der Waals surface area contributed by atoms with Gasteiger partial charge < -0.3 is 20.9 Å². The fourth-order valence-electron chi connectivity index (χ4n) is 2.17. The first kappa shape index (κ1) is 12.5. The maximum Gasteiger partial charge on any atom is 0.255 e. The largest absolute Gasteiger partial charge is 0.508 e. The Morgan fingerprint density at radius 3 is 2.75 bits per heavy atom. The number of benzene rings is 2. The minimum absolute atomic E-state index is 0.0650. The third kappa shape index (κ3) is 2.31. The smallest absolute Gasteiger partial charge is 0.255 e. The van der Waals surface area contributed by atoms with Crippen molar-refractivity contribution in [1.29, 1.82) is 0 Å². The highest BCUT2D eigenvalue weighted by molar-refractivity contribution is 6.06. The number of nitrogen functional groups attached to an aromatic ring is 1. The van der Waals surface area contributed by atoms with Gasteiger partial charge in [-0.15, -0.1) is 0 Å². The summed E-state index contributed by atoms with van der Waals surface area (Å²) in [4.78, 5) is 12.2. The second-order valence-electron chi connectivity index (χ2n) is 4.70. The first-order valence-electron chi connectivity index (χ1n) is 6.23. The first-order valence-corrected chi connectivity index (χ1v) is 6.23. The maximum absolute atomic E-state index is 12.2. The molecule has 102 valence electrons. The van der Waals surface area contributed by atoms with Crippen molar-refractivity contribution in [2.24, 2.45) is 0 Å². The lowest BCUT2D eigenvalue weighted by Crippen LogP contribution is -2.13. The molecule has 1 heterocycles. The number of ether oxygens (including phenoxy) is 1. The highest BCUT2D eigenvalue weighted by Crippen LogP contribution is 2.25. The van der Waals surface area contributed by atoms with Crippen LogP contribution in [-0.4, -0.2) is 11.0 Å². The molecule has 0 aliphatic carbocycles. The van der Waals surface area contributed by atoms with Gasteiger partial charge in [0.25, 0.3) is 5.91 Å². The van der Waals surface area contributed by atoms with Crippen LogP contribution in [0.4, 0.5) is 11.4 Å². The second-order valence-corrected chi connectivity index (χ2v) is 4.70. The molecule has 2 aromatic rings. The molecule has 1 aliphatic heterocycles. The van der Waals surface area contributed by atoms with Gasteiger partial charge in [0.05, 0.1) is 24.6 Å². The van der Waals surface area contributed by atoms with E-state index in [2.05, 4.69) is 5.32 Å². The van der Waals surface area contributed by atoms with Crippen molar-refractivity contribution in [1.82, 2.24) is 0 Å². The van der Waals surface area contributed by atoms with Gasteiger partial charge in [-0.25, -0.2) is 0 Å². The van der Waals surface area contributed by atoms with Crippen LogP contribution >= 0.6 is 0 Å². The number of carbonyl (C=O) groups is 1. The van der Waals surface area contributed by atoms with Gasteiger partial charge in [0, 0.05) is 11.6 Å². The van der Waals surface area contributed by atoms with E-state index in [0.29, 0.717) is 30.2 Å². The highest BCUT2D eigenvalue weighted by atomic mass is 16.5. The zero-order chi connectivity index (χ0) is 14.1. The van der Waals surface area contributed by atoms with Gasteiger partial charge in [0.1, 0.15) is 5.75 Å². The second kappa shape index (κ2) is 4.86. The van der Waals surface area contributed by atoms with Crippen molar-refractivity contribution < 1.29 is 14.6 Å². The van der Waals surface area contributed by atoms with Gasteiger partial charge in [-0.2, -0.15) is 0 Å². The predicted molar refractivity (Wildman–Crippen MR) is 75.4 cm³/mol. The van der Waals surface area contributed by atoms with E-state index < -0.39 is 0 Å². The number of nitrogens with two attached hydrogens (primary N) is 1. The lowest BCUT2D eigenvalue weighted by atomic mass is 10.1. The SMILES string of the molecule is Nc1cc(O)ccc1NC(=O)c1ccc2c(c1)COC2. The van der Waals surface area contributed by atoms with E-state index in [9.17, 15) is 9.90 Å². The lowest BCUT2D eigenvalue weighted by Gasteiger charge is -2.09. The molecule has 4 N–H and O–H groups in total. The van der Waals surface area contributed by atoms with E-state index in [0.717, 1.165) is 11.1 Å². The summed E-state index contributed by atoms with van der Waals surface area (Å²) in [5.41, 5.74) is 9.25. The van der Waals surface area contributed by atoms with Gasteiger partial charge in [0.2, 0.25) is 0 Å². The van der Waals surface area contributed by atoms with Crippen molar-refractivity contribution in [3.05, 3.63) is 53.1 Å². The molecule has 20 heavy (non-hydrogen) atoms. The molecule has 0 unspecified atom stereocenters. The molecule has 3 rings (SSSR count). The van der Waals surface area contributed by atoms with Gasteiger partial charge in [0.15, 0.2) is 0 Å². The summed E-state index contributed by atoms with van der Waals surface area (Å²) in [7, 11) is 0. The Morgan fingerprint density at radius 2 is 1.95 bits per heavy atom. The number of hydrogen-bond donors (Lipinski definition) is 3. The quantitative estimate of drug-likeness (QED) is 0.577. The molecule has 0 bridgehead atoms. The number of hydrogen-bond acceptors (Lipinski definition) is 4. The summed E-state index contributed by atoms with van der Waals surface area (Å²) in [6.07, 6.45) is 0. The molecule has 1 amide bonds. The topological polar surface area (TPSA) is 84.6 Å². The monoisotopic (exact) mass is 270 g/mol. The zero-order valence-electron chi connectivity index (χ0n) is 10.7. The lowest BCUT2D eigenvalue weighted by molar-refractivity contribution is 0.102. The Bertz CT molecular complexity index is 683. The summed E-state index contributed by atoms with van der Waals surface area (Å²) >= 11 is 0. The van der Waals surface area contributed by atoms with E-state index in [4.69, 9.17) is 10.5 Å². The number of anilines is 2. The van der Waals surface area contributed by atoms with Gasteiger partial charge in [-0.05, 0) is 35.4 Å². The van der Waals surface area contributed by atoms with E-state index in [1.54, 1.807) is 12.1 Å². The van der Waals surface area contributed by atoms with Gasteiger partial charge >= 0.3 is 0 Å². The van der Waals surface area contributed by atoms with Crippen LogP contribution in [0.15, 0.2) is 36.4 Å². The number of phenols is 1.